The Hall–Kier alpha value is -2.25. The number of nitrogens with one attached hydrogen (secondary N) is 1. The third kappa shape index (κ3) is 2.86. The Morgan fingerprint density at radius 3 is 2.68 bits per heavy atom. The van der Waals surface area contributed by atoms with Crippen LogP contribution in [0.4, 0.5) is 0 Å². The third-order valence-electron chi connectivity index (χ3n) is 3.01. The van der Waals surface area contributed by atoms with E-state index < -0.39 is 0 Å². The number of halogens is 1. The van der Waals surface area contributed by atoms with Gasteiger partial charge >= 0.3 is 0 Å². The van der Waals surface area contributed by atoms with Gasteiger partial charge in [-0.3, -0.25) is 0 Å². The first kappa shape index (κ1) is 14.7. The summed E-state index contributed by atoms with van der Waals surface area (Å²) in [5.74, 6) is 0.743. The lowest BCUT2D eigenvalue weighted by Gasteiger charge is -2.03. The van der Waals surface area contributed by atoms with Gasteiger partial charge in [0.15, 0.2) is 5.82 Å². The highest BCUT2D eigenvalue weighted by Gasteiger charge is 2.11. The second kappa shape index (κ2) is 6.25. The first-order valence-corrected chi connectivity index (χ1v) is 7.61. The van der Waals surface area contributed by atoms with Gasteiger partial charge in [0, 0.05) is 15.6 Å². The fourth-order valence-electron chi connectivity index (χ4n) is 1.93. The van der Waals surface area contributed by atoms with Crippen LogP contribution in [0.1, 0.15) is 5.56 Å². The summed E-state index contributed by atoms with van der Waals surface area (Å²) in [6, 6.07) is 14.6. The summed E-state index contributed by atoms with van der Waals surface area (Å²) in [4.78, 5) is 0. The normalized spacial score (nSPS) is 11.1. The van der Waals surface area contributed by atoms with Crippen molar-refractivity contribution in [1.82, 2.24) is 14.9 Å². The third-order valence-corrected chi connectivity index (χ3v) is 3.97. The number of aromatic nitrogens is 3. The minimum Gasteiger partial charge on any atom is -0.507 e. The van der Waals surface area contributed by atoms with Gasteiger partial charge < -0.3 is 5.11 Å². The van der Waals surface area contributed by atoms with Crippen LogP contribution < -0.4 is 0 Å². The lowest BCUT2D eigenvalue weighted by atomic mass is 10.2. The van der Waals surface area contributed by atoms with Crippen molar-refractivity contribution in [3.63, 3.8) is 0 Å². The molecular formula is C15H11BrN4OS. The minimum absolute atomic E-state index is 0.156. The van der Waals surface area contributed by atoms with Gasteiger partial charge in [-0.05, 0) is 36.5 Å². The number of rotatable bonds is 3. The summed E-state index contributed by atoms with van der Waals surface area (Å²) in [5, 5.41) is 21.1. The van der Waals surface area contributed by atoms with Gasteiger partial charge in [-0.25, -0.2) is 5.10 Å². The SMILES string of the molecule is Oc1ccccc1/C=N\n1c(-c2ccccc2Br)n[nH]c1=S. The minimum atomic E-state index is 0.156. The monoisotopic (exact) mass is 374 g/mol. The first-order valence-electron chi connectivity index (χ1n) is 6.41. The highest BCUT2D eigenvalue weighted by molar-refractivity contribution is 9.10. The zero-order chi connectivity index (χ0) is 15.5. The number of benzene rings is 2. The zero-order valence-corrected chi connectivity index (χ0v) is 13.7. The molecule has 0 spiro atoms. The van der Waals surface area contributed by atoms with Gasteiger partial charge in [-0.1, -0.05) is 40.2 Å². The average molecular weight is 375 g/mol. The van der Waals surface area contributed by atoms with E-state index >= 15 is 0 Å². The molecule has 0 fully saturated rings. The van der Waals surface area contributed by atoms with E-state index in [1.807, 2.05) is 30.3 Å². The predicted octanol–water partition coefficient (Wildman–Crippen LogP) is 3.96. The average Bonchev–Trinajstić information content (AvgIpc) is 2.88. The van der Waals surface area contributed by atoms with E-state index in [1.165, 1.54) is 4.68 Å². The van der Waals surface area contributed by atoms with Crippen molar-refractivity contribution in [2.45, 2.75) is 0 Å². The number of nitrogens with zero attached hydrogens (tertiary/aromatic N) is 3. The van der Waals surface area contributed by atoms with Crippen molar-refractivity contribution < 1.29 is 5.11 Å². The molecule has 2 aromatic carbocycles. The van der Waals surface area contributed by atoms with Gasteiger partial charge in [0.1, 0.15) is 5.75 Å². The summed E-state index contributed by atoms with van der Waals surface area (Å²) in [6.45, 7) is 0. The molecule has 3 aromatic rings. The number of aromatic hydroxyl groups is 1. The molecule has 0 amide bonds. The maximum atomic E-state index is 9.78. The molecule has 7 heteroatoms. The fraction of sp³-hybridized carbons (Fsp3) is 0. The zero-order valence-electron chi connectivity index (χ0n) is 11.3. The number of hydrogen-bond donors (Lipinski definition) is 2. The predicted molar refractivity (Wildman–Crippen MR) is 91.6 cm³/mol. The van der Waals surface area contributed by atoms with Crippen molar-refractivity contribution in [3.05, 3.63) is 63.3 Å². The Bertz CT molecular complexity index is 900. The van der Waals surface area contributed by atoms with Gasteiger partial charge in [0.2, 0.25) is 4.77 Å². The number of para-hydroxylation sites is 1. The van der Waals surface area contributed by atoms with Crippen LogP contribution in [0, 0.1) is 4.77 Å². The molecule has 3 rings (SSSR count). The quantitative estimate of drug-likeness (QED) is 0.538. The van der Waals surface area contributed by atoms with Crippen molar-refractivity contribution in [2.24, 2.45) is 5.10 Å². The smallest absolute Gasteiger partial charge is 0.216 e. The molecule has 0 radical (unpaired) electrons. The maximum Gasteiger partial charge on any atom is 0.216 e. The van der Waals surface area contributed by atoms with Crippen LogP contribution >= 0.6 is 28.1 Å². The van der Waals surface area contributed by atoms with E-state index in [0.717, 1.165) is 10.0 Å². The van der Waals surface area contributed by atoms with Crippen LogP contribution in [0.5, 0.6) is 5.75 Å². The molecule has 0 aliphatic rings. The van der Waals surface area contributed by atoms with Gasteiger partial charge in [0.05, 0.1) is 6.21 Å². The second-order valence-corrected chi connectivity index (χ2v) is 5.69. The van der Waals surface area contributed by atoms with Crippen LogP contribution in [-0.4, -0.2) is 26.2 Å². The van der Waals surface area contributed by atoms with Crippen molar-refractivity contribution in [1.29, 1.82) is 0 Å². The number of aromatic amines is 1. The van der Waals surface area contributed by atoms with E-state index in [4.69, 9.17) is 12.2 Å². The van der Waals surface area contributed by atoms with Crippen LogP contribution in [-0.2, 0) is 0 Å². The Kier molecular flexibility index (Phi) is 4.17. The molecule has 0 unspecified atom stereocenters. The molecule has 22 heavy (non-hydrogen) atoms. The van der Waals surface area contributed by atoms with E-state index in [0.29, 0.717) is 16.2 Å². The van der Waals surface area contributed by atoms with Crippen LogP contribution in [0.25, 0.3) is 11.4 Å². The van der Waals surface area contributed by atoms with Crippen LogP contribution in [0.2, 0.25) is 0 Å². The molecule has 0 atom stereocenters. The van der Waals surface area contributed by atoms with E-state index in [2.05, 4.69) is 31.2 Å². The molecule has 0 saturated heterocycles. The Balaban J connectivity index is 2.06. The lowest BCUT2D eigenvalue weighted by Crippen LogP contribution is -1.95. The summed E-state index contributed by atoms with van der Waals surface area (Å²) in [7, 11) is 0. The Labute approximate surface area is 140 Å². The lowest BCUT2D eigenvalue weighted by molar-refractivity contribution is 0.474. The molecule has 1 aromatic heterocycles. The number of H-pyrrole nitrogens is 1. The highest BCUT2D eigenvalue weighted by Crippen LogP contribution is 2.26. The number of phenols is 1. The molecule has 0 saturated carbocycles. The Morgan fingerprint density at radius 2 is 1.91 bits per heavy atom. The first-order chi connectivity index (χ1) is 10.7. The summed E-state index contributed by atoms with van der Waals surface area (Å²) in [6.07, 6.45) is 1.54. The summed E-state index contributed by atoms with van der Waals surface area (Å²) >= 11 is 8.71. The van der Waals surface area contributed by atoms with Crippen LogP contribution in [0.3, 0.4) is 0 Å². The fourth-order valence-corrected chi connectivity index (χ4v) is 2.57. The molecule has 5 nitrogen and oxygen atoms in total. The summed E-state index contributed by atoms with van der Waals surface area (Å²) < 4.78 is 2.78. The Morgan fingerprint density at radius 1 is 1.18 bits per heavy atom. The highest BCUT2D eigenvalue weighted by atomic mass is 79.9. The van der Waals surface area contributed by atoms with E-state index in [1.54, 1.807) is 24.4 Å². The molecule has 0 aliphatic heterocycles. The maximum absolute atomic E-state index is 9.78. The van der Waals surface area contributed by atoms with E-state index in [9.17, 15) is 5.11 Å². The molecule has 2 N–H and O–H groups in total. The molecule has 0 bridgehead atoms. The largest absolute Gasteiger partial charge is 0.507 e. The van der Waals surface area contributed by atoms with Crippen molar-refractivity contribution >= 4 is 34.4 Å². The topological polar surface area (TPSA) is 66.2 Å². The van der Waals surface area contributed by atoms with Crippen LogP contribution in [0.15, 0.2) is 58.1 Å². The van der Waals surface area contributed by atoms with Gasteiger partial charge in [-0.15, -0.1) is 0 Å². The van der Waals surface area contributed by atoms with Crippen molar-refractivity contribution in [2.75, 3.05) is 0 Å². The molecular weight excluding hydrogens is 364 g/mol. The number of phenolic OH excluding ortho intramolecular Hbond substituents is 1. The van der Waals surface area contributed by atoms with Crippen molar-refractivity contribution in [3.8, 4) is 17.1 Å². The number of hydrogen-bond acceptors (Lipinski definition) is 4. The van der Waals surface area contributed by atoms with E-state index in [-0.39, 0.29) is 5.75 Å². The standard InChI is InChI=1S/C15H11BrN4OS/c16-12-7-3-2-6-11(12)14-18-19-15(22)20(14)17-9-10-5-1-4-8-13(10)21/h1-9,21H,(H,19,22)/b17-9-. The molecule has 110 valence electrons. The molecule has 0 aliphatic carbocycles. The molecule has 1 heterocycles. The van der Waals surface area contributed by atoms with Gasteiger partial charge in [-0.2, -0.15) is 14.9 Å². The second-order valence-electron chi connectivity index (χ2n) is 4.45. The van der Waals surface area contributed by atoms with Gasteiger partial charge in [0.25, 0.3) is 0 Å². The summed E-state index contributed by atoms with van der Waals surface area (Å²) in [5.41, 5.74) is 1.47.